The zero-order valence-corrected chi connectivity index (χ0v) is 9.32. The molecule has 1 unspecified atom stereocenters. The van der Waals surface area contributed by atoms with Gasteiger partial charge in [-0.25, -0.2) is 13.2 Å². The summed E-state index contributed by atoms with van der Waals surface area (Å²) >= 11 is 0. The average Bonchev–Trinajstić information content (AvgIpc) is 2.08. The highest BCUT2D eigenvalue weighted by molar-refractivity contribution is 7.86. The summed E-state index contributed by atoms with van der Waals surface area (Å²) < 4.78 is 64.5. The maximum absolute atomic E-state index is 13.2. The van der Waals surface area contributed by atoms with Gasteiger partial charge in [-0.3, -0.25) is 4.18 Å². The standard InChI is InChI=1S/C9H9F3O3S/c1-5(15-16(2,13)14)6-3-8(11)9(12)4-7(6)10/h3-5H,1-2H3. The Labute approximate surface area is 91.0 Å². The van der Waals surface area contributed by atoms with Crippen LogP contribution in [0, 0.1) is 17.5 Å². The van der Waals surface area contributed by atoms with Gasteiger partial charge in [0.1, 0.15) is 11.9 Å². The lowest BCUT2D eigenvalue weighted by Gasteiger charge is -2.12. The Morgan fingerprint density at radius 1 is 1.12 bits per heavy atom. The van der Waals surface area contributed by atoms with E-state index >= 15 is 0 Å². The van der Waals surface area contributed by atoms with Crippen molar-refractivity contribution in [3.05, 3.63) is 35.1 Å². The lowest BCUT2D eigenvalue weighted by Crippen LogP contribution is -2.09. The van der Waals surface area contributed by atoms with Gasteiger partial charge in [-0.15, -0.1) is 0 Å². The van der Waals surface area contributed by atoms with E-state index in [0.29, 0.717) is 12.1 Å². The average molecular weight is 254 g/mol. The number of rotatable bonds is 3. The van der Waals surface area contributed by atoms with E-state index in [1.54, 1.807) is 0 Å². The molecule has 0 aliphatic rings. The molecule has 0 aliphatic carbocycles. The summed E-state index contributed by atoms with van der Waals surface area (Å²) in [6, 6.07) is 0.910. The highest BCUT2D eigenvalue weighted by Gasteiger charge is 2.19. The van der Waals surface area contributed by atoms with Gasteiger partial charge in [-0.2, -0.15) is 8.42 Å². The minimum Gasteiger partial charge on any atom is -0.262 e. The third-order valence-electron chi connectivity index (χ3n) is 1.80. The third kappa shape index (κ3) is 3.21. The van der Waals surface area contributed by atoms with E-state index in [1.807, 2.05) is 0 Å². The largest absolute Gasteiger partial charge is 0.264 e. The van der Waals surface area contributed by atoms with Crippen molar-refractivity contribution in [2.75, 3.05) is 6.26 Å². The SMILES string of the molecule is CC(OS(C)(=O)=O)c1cc(F)c(F)cc1F. The number of halogens is 3. The van der Waals surface area contributed by atoms with Crippen molar-refractivity contribution < 1.29 is 25.8 Å². The molecular weight excluding hydrogens is 245 g/mol. The number of hydrogen-bond donors (Lipinski definition) is 0. The van der Waals surface area contributed by atoms with Crippen molar-refractivity contribution in [2.24, 2.45) is 0 Å². The second kappa shape index (κ2) is 4.42. The molecule has 1 aromatic rings. The highest BCUT2D eigenvalue weighted by Crippen LogP contribution is 2.24. The number of hydrogen-bond acceptors (Lipinski definition) is 3. The molecule has 90 valence electrons. The molecule has 1 atom stereocenters. The Morgan fingerprint density at radius 3 is 2.12 bits per heavy atom. The predicted molar refractivity (Wildman–Crippen MR) is 50.7 cm³/mol. The molecular formula is C9H9F3O3S. The summed E-state index contributed by atoms with van der Waals surface area (Å²) in [5.41, 5.74) is -0.357. The highest BCUT2D eigenvalue weighted by atomic mass is 32.2. The molecule has 1 rings (SSSR count). The second-order valence-corrected chi connectivity index (χ2v) is 4.83. The van der Waals surface area contributed by atoms with E-state index in [4.69, 9.17) is 0 Å². The van der Waals surface area contributed by atoms with Crippen LogP contribution in [0.1, 0.15) is 18.6 Å². The van der Waals surface area contributed by atoms with E-state index in [9.17, 15) is 21.6 Å². The van der Waals surface area contributed by atoms with Crippen LogP contribution in [0.2, 0.25) is 0 Å². The van der Waals surface area contributed by atoms with Crippen molar-refractivity contribution in [3.63, 3.8) is 0 Å². The molecule has 0 radical (unpaired) electrons. The maximum Gasteiger partial charge on any atom is 0.264 e. The number of benzene rings is 1. The first kappa shape index (κ1) is 13.0. The second-order valence-electron chi connectivity index (χ2n) is 3.23. The first-order chi connectivity index (χ1) is 7.20. The molecule has 0 heterocycles. The fourth-order valence-electron chi connectivity index (χ4n) is 1.16. The fraction of sp³-hybridized carbons (Fsp3) is 0.333. The molecule has 7 heteroatoms. The lowest BCUT2D eigenvalue weighted by molar-refractivity contribution is 0.230. The van der Waals surface area contributed by atoms with Crippen LogP contribution in [-0.4, -0.2) is 14.7 Å². The summed E-state index contributed by atoms with van der Waals surface area (Å²) in [5, 5.41) is 0. The zero-order valence-electron chi connectivity index (χ0n) is 8.50. The summed E-state index contributed by atoms with van der Waals surface area (Å²) in [6.07, 6.45) is -0.438. The van der Waals surface area contributed by atoms with Gasteiger partial charge < -0.3 is 0 Å². The zero-order chi connectivity index (χ0) is 12.5. The Kier molecular flexibility index (Phi) is 3.59. The van der Waals surface area contributed by atoms with Crippen LogP contribution in [0.5, 0.6) is 0 Å². The van der Waals surface area contributed by atoms with Crippen molar-refractivity contribution in [2.45, 2.75) is 13.0 Å². The van der Waals surface area contributed by atoms with E-state index in [1.165, 1.54) is 6.92 Å². The van der Waals surface area contributed by atoms with E-state index in [2.05, 4.69) is 4.18 Å². The van der Waals surface area contributed by atoms with Crippen LogP contribution in [0.3, 0.4) is 0 Å². The van der Waals surface area contributed by atoms with Crippen LogP contribution < -0.4 is 0 Å². The quantitative estimate of drug-likeness (QED) is 0.613. The summed E-state index contributed by atoms with van der Waals surface area (Å²) in [6.45, 7) is 1.22. The molecule has 16 heavy (non-hydrogen) atoms. The molecule has 0 amide bonds. The van der Waals surface area contributed by atoms with Crippen LogP contribution in [0.25, 0.3) is 0 Å². The van der Waals surface area contributed by atoms with Crippen LogP contribution in [0.15, 0.2) is 12.1 Å². The molecule has 0 fully saturated rings. The maximum atomic E-state index is 13.2. The Hall–Kier alpha value is -1.08. The normalized spacial score (nSPS) is 13.8. The molecule has 0 aromatic heterocycles. The van der Waals surface area contributed by atoms with E-state index in [0.717, 1.165) is 6.26 Å². The molecule has 0 bridgehead atoms. The molecule has 0 N–H and O–H groups in total. The summed E-state index contributed by atoms with van der Waals surface area (Å²) in [7, 11) is -3.79. The van der Waals surface area contributed by atoms with Gasteiger partial charge in [0.05, 0.1) is 6.26 Å². The first-order valence-corrected chi connectivity index (χ1v) is 6.05. The molecule has 1 aromatic carbocycles. The van der Waals surface area contributed by atoms with Gasteiger partial charge in [0, 0.05) is 11.6 Å². The minimum absolute atomic E-state index is 0.340. The van der Waals surface area contributed by atoms with E-state index in [-0.39, 0.29) is 5.56 Å². The Morgan fingerprint density at radius 2 is 1.62 bits per heavy atom. The molecule has 0 saturated carbocycles. The van der Waals surface area contributed by atoms with Gasteiger partial charge in [0.25, 0.3) is 10.1 Å². The first-order valence-electron chi connectivity index (χ1n) is 4.23. The van der Waals surface area contributed by atoms with Crippen LogP contribution in [0.4, 0.5) is 13.2 Å². The van der Waals surface area contributed by atoms with Gasteiger partial charge in [-0.05, 0) is 13.0 Å². The Bertz CT molecular complexity index is 499. The van der Waals surface area contributed by atoms with Crippen molar-refractivity contribution in [3.8, 4) is 0 Å². The van der Waals surface area contributed by atoms with E-state index < -0.39 is 33.7 Å². The smallest absolute Gasteiger partial charge is 0.262 e. The van der Waals surface area contributed by atoms with Gasteiger partial charge in [-0.1, -0.05) is 0 Å². The van der Waals surface area contributed by atoms with Crippen molar-refractivity contribution in [1.82, 2.24) is 0 Å². The van der Waals surface area contributed by atoms with Crippen LogP contribution in [-0.2, 0) is 14.3 Å². The third-order valence-corrected chi connectivity index (χ3v) is 2.43. The van der Waals surface area contributed by atoms with Crippen molar-refractivity contribution >= 4 is 10.1 Å². The van der Waals surface area contributed by atoms with Gasteiger partial charge in [0.2, 0.25) is 0 Å². The molecule has 0 saturated heterocycles. The van der Waals surface area contributed by atoms with Gasteiger partial charge >= 0.3 is 0 Å². The lowest BCUT2D eigenvalue weighted by atomic mass is 10.1. The molecule has 3 nitrogen and oxygen atoms in total. The summed E-state index contributed by atoms with van der Waals surface area (Å²) in [5.74, 6) is -3.66. The minimum atomic E-state index is -3.79. The van der Waals surface area contributed by atoms with Gasteiger partial charge in [0.15, 0.2) is 11.6 Å². The molecule has 0 spiro atoms. The van der Waals surface area contributed by atoms with Crippen molar-refractivity contribution in [1.29, 1.82) is 0 Å². The molecule has 0 aliphatic heterocycles. The monoisotopic (exact) mass is 254 g/mol. The fourth-order valence-corrected chi connectivity index (χ4v) is 1.79. The topological polar surface area (TPSA) is 43.4 Å². The van der Waals surface area contributed by atoms with Crippen LogP contribution >= 0.6 is 0 Å². The Balaban J connectivity index is 3.09. The summed E-state index contributed by atoms with van der Waals surface area (Å²) in [4.78, 5) is 0. The predicted octanol–water partition coefficient (Wildman–Crippen LogP) is 2.14.